The highest BCUT2D eigenvalue weighted by atomic mass is 16.5. The standard InChI is InChI=1S/C26H33N5O4/c1-17-13-23-21(24-22(25(32)28-23)15-27-31(24)18-5-12-34-16-18)14-20(17)26(33)30-9-7-29(8-10-30)6-2-11-35-19-3-4-19/h13-15,18-19H,2-12,16H2,1H3,(H,28,32)/t18-/m0/s1. The molecule has 1 N–H and O–H groups in total. The van der Waals surface area contributed by atoms with Gasteiger partial charge >= 0.3 is 0 Å². The summed E-state index contributed by atoms with van der Waals surface area (Å²) in [5.74, 6) is 0.0516. The first-order chi connectivity index (χ1) is 17.1. The predicted octanol–water partition coefficient (Wildman–Crippen LogP) is 2.47. The number of pyridine rings is 1. The van der Waals surface area contributed by atoms with Gasteiger partial charge < -0.3 is 19.4 Å². The maximum absolute atomic E-state index is 13.6. The zero-order valence-corrected chi connectivity index (χ0v) is 20.3. The number of carbonyl (C=O) groups is 1. The lowest BCUT2D eigenvalue weighted by Gasteiger charge is -2.35. The van der Waals surface area contributed by atoms with E-state index in [-0.39, 0.29) is 17.5 Å². The summed E-state index contributed by atoms with van der Waals surface area (Å²) in [5.41, 5.74) is 2.91. The summed E-state index contributed by atoms with van der Waals surface area (Å²) < 4.78 is 13.2. The molecule has 3 aliphatic rings. The van der Waals surface area contributed by atoms with Crippen molar-refractivity contribution in [2.75, 3.05) is 52.5 Å². The molecule has 0 spiro atoms. The van der Waals surface area contributed by atoms with Crippen molar-refractivity contribution in [3.8, 4) is 0 Å². The summed E-state index contributed by atoms with van der Waals surface area (Å²) in [6.07, 6.45) is 6.48. The van der Waals surface area contributed by atoms with E-state index in [0.29, 0.717) is 30.3 Å². The van der Waals surface area contributed by atoms with Crippen LogP contribution in [0.5, 0.6) is 0 Å². The number of carbonyl (C=O) groups excluding carboxylic acids is 1. The molecule has 2 aliphatic heterocycles. The number of fused-ring (bicyclic) bond motifs is 3. The summed E-state index contributed by atoms with van der Waals surface area (Å²) in [5, 5.41) is 5.93. The van der Waals surface area contributed by atoms with Gasteiger partial charge in [0, 0.05) is 56.9 Å². The molecule has 1 aromatic carbocycles. The summed E-state index contributed by atoms with van der Waals surface area (Å²) in [4.78, 5) is 33.7. The second-order valence-corrected chi connectivity index (χ2v) is 10.1. The van der Waals surface area contributed by atoms with E-state index in [1.165, 1.54) is 12.8 Å². The quantitative estimate of drug-likeness (QED) is 0.524. The summed E-state index contributed by atoms with van der Waals surface area (Å²) >= 11 is 0. The molecule has 0 unspecified atom stereocenters. The van der Waals surface area contributed by atoms with E-state index < -0.39 is 0 Å². The van der Waals surface area contributed by atoms with Crippen LogP contribution in [0.1, 0.15) is 47.6 Å². The van der Waals surface area contributed by atoms with Gasteiger partial charge in [-0.15, -0.1) is 0 Å². The molecule has 1 aliphatic carbocycles. The Bertz CT molecular complexity index is 1300. The molecule has 9 heteroatoms. The zero-order chi connectivity index (χ0) is 23.9. The topological polar surface area (TPSA) is 92.7 Å². The number of hydrogen-bond acceptors (Lipinski definition) is 6. The molecule has 0 radical (unpaired) electrons. The van der Waals surface area contributed by atoms with Gasteiger partial charge in [0.05, 0.1) is 41.4 Å². The second-order valence-electron chi connectivity index (χ2n) is 10.1. The molecule has 3 fully saturated rings. The minimum Gasteiger partial charge on any atom is -0.379 e. The SMILES string of the molecule is Cc1cc2[nH]c(=O)c3cnn([C@H]4CCOC4)c3c2cc1C(=O)N1CCN(CCCOC2CC2)CC1. The number of H-pyrrole nitrogens is 1. The first kappa shape index (κ1) is 22.7. The minimum absolute atomic E-state index is 0.0516. The van der Waals surface area contributed by atoms with Gasteiger partial charge in [-0.05, 0) is 50.3 Å². The van der Waals surface area contributed by atoms with Gasteiger partial charge in [-0.3, -0.25) is 19.2 Å². The fraction of sp³-hybridized carbons (Fsp3) is 0.577. The van der Waals surface area contributed by atoms with E-state index in [4.69, 9.17) is 9.47 Å². The second kappa shape index (κ2) is 9.37. The van der Waals surface area contributed by atoms with E-state index in [1.807, 2.05) is 28.6 Å². The Kier molecular flexibility index (Phi) is 6.07. The van der Waals surface area contributed by atoms with Crippen molar-refractivity contribution >= 4 is 27.7 Å². The molecule has 2 saturated heterocycles. The molecule has 186 valence electrons. The fourth-order valence-electron chi connectivity index (χ4n) is 5.33. The maximum Gasteiger partial charge on any atom is 0.259 e. The van der Waals surface area contributed by atoms with Gasteiger partial charge in [-0.2, -0.15) is 5.10 Å². The Morgan fingerprint density at radius 2 is 2.00 bits per heavy atom. The Morgan fingerprint density at radius 1 is 1.17 bits per heavy atom. The average molecular weight is 480 g/mol. The Balaban J connectivity index is 1.23. The third-order valence-corrected chi connectivity index (χ3v) is 7.55. The number of nitrogens with one attached hydrogen (secondary N) is 1. The normalized spacial score (nSPS) is 21.4. The lowest BCUT2D eigenvalue weighted by Crippen LogP contribution is -2.49. The molecular formula is C26H33N5O4. The van der Waals surface area contributed by atoms with Crippen molar-refractivity contribution < 1.29 is 14.3 Å². The smallest absolute Gasteiger partial charge is 0.259 e. The largest absolute Gasteiger partial charge is 0.379 e. The highest BCUT2D eigenvalue weighted by Crippen LogP contribution is 2.29. The number of aromatic nitrogens is 3. The number of rotatable bonds is 7. The molecule has 4 heterocycles. The van der Waals surface area contributed by atoms with Gasteiger partial charge in [-0.1, -0.05) is 0 Å². The van der Waals surface area contributed by atoms with Crippen LogP contribution in [0, 0.1) is 6.92 Å². The number of amides is 1. The van der Waals surface area contributed by atoms with E-state index in [2.05, 4.69) is 15.0 Å². The number of benzene rings is 1. The van der Waals surface area contributed by atoms with Crippen LogP contribution in [0.4, 0.5) is 0 Å². The molecule has 1 amide bonds. The van der Waals surface area contributed by atoms with E-state index in [1.54, 1.807) is 6.20 Å². The Labute approximate surface area is 204 Å². The third kappa shape index (κ3) is 4.48. The van der Waals surface area contributed by atoms with Crippen LogP contribution in [0.15, 0.2) is 23.1 Å². The summed E-state index contributed by atoms with van der Waals surface area (Å²) in [6.45, 7) is 8.27. The van der Waals surface area contributed by atoms with Crippen molar-refractivity contribution in [1.29, 1.82) is 0 Å². The van der Waals surface area contributed by atoms with Crippen LogP contribution in [0.2, 0.25) is 0 Å². The first-order valence-electron chi connectivity index (χ1n) is 12.8. The van der Waals surface area contributed by atoms with Gasteiger partial charge in [0.2, 0.25) is 0 Å². The fourth-order valence-corrected chi connectivity index (χ4v) is 5.33. The number of nitrogens with zero attached hydrogens (tertiary/aromatic N) is 4. The monoisotopic (exact) mass is 479 g/mol. The van der Waals surface area contributed by atoms with Crippen molar-refractivity contribution in [1.82, 2.24) is 24.6 Å². The molecule has 9 nitrogen and oxygen atoms in total. The number of aromatic amines is 1. The van der Waals surface area contributed by atoms with Crippen molar-refractivity contribution in [3.05, 3.63) is 39.8 Å². The molecule has 35 heavy (non-hydrogen) atoms. The number of aryl methyl sites for hydroxylation is 1. The maximum atomic E-state index is 13.6. The van der Waals surface area contributed by atoms with Crippen LogP contribution in [-0.4, -0.2) is 89.1 Å². The number of hydrogen-bond donors (Lipinski definition) is 1. The van der Waals surface area contributed by atoms with Crippen LogP contribution in [0.3, 0.4) is 0 Å². The zero-order valence-electron chi connectivity index (χ0n) is 20.3. The molecule has 3 aromatic rings. The van der Waals surface area contributed by atoms with E-state index in [9.17, 15) is 9.59 Å². The summed E-state index contributed by atoms with van der Waals surface area (Å²) in [6, 6.07) is 3.96. The van der Waals surface area contributed by atoms with Gasteiger partial charge in [0.1, 0.15) is 0 Å². The number of ether oxygens (including phenoxy) is 2. The third-order valence-electron chi connectivity index (χ3n) is 7.55. The van der Waals surface area contributed by atoms with E-state index in [0.717, 1.165) is 74.2 Å². The molecule has 1 atom stereocenters. The van der Waals surface area contributed by atoms with Crippen LogP contribution in [0.25, 0.3) is 21.8 Å². The highest BCUT2D eigenvalue weighted by molar-refractivity contribution is 6.07. The minimum atomic E-state index is -0.158. The highest BCUT2D eigenvalue weighted by Gasteiger charge is 2.26. The van der Waals surface area contributed by atoms with Gasteiger partial charge in [0.15, 0.2) is 0 Å². The van der Waals surface area contributed by atoms with Gasteiger partial charge in [-0.25, -0.2) is 0 Å². The molecular weight excluding hydrogens is 446 g/mol. The lowest BCUT2D eigenvalue weighted by atomic mass is 10.0. The molecule has 6 rings (SSSR count). The van der Waals surface area contributed by atoms with Crippen molar-refractivity contribution in [2.45, 2.75) is 44.8 Å². The van der Waals surface area contributed by atoms with Crippen LogP contribution >= 0.6 is 0 Å². The Morgan fingerprint density at radius 3 is 2.74 bits per heavy atom. The van der Waals surface area contributed by atoms with Crippen molar-refractivity contribution in [3.63, 3.8) is 0 Å². The van der Waals surface area contributed by atoms with Crippen LogP contribution < -0.4 is 5.56 Å². The van der Waals surface area contributed by atoms with E-state index >= 15 is 0 Å². The molecule has 0 bridgehead atoms. The van der Waals surface area contributed by atoms with Crippen molar-refractivity contribution in [2.24, 2.45) is 0 Å². The number of piperazine rings is 1. The Hall–Kier alpha value is -2.75. The first-order valence-corrected chi connectivity index (χ1v) is 12.8. The predicted molar refractivity (Wildman–Crippen MR) is 133 cm³/mol. The average Bonchev–Trinajstić information content (AvgIpc) is 3.32. The summed E-state index contributed by atoms with van der Waals surface area (Å²) in [7, 11) is 0. The molecule has 1 saturated carbocycles. The van der Waals surface area contributed by atoms with Crippen LogP contribution in [-0.2, 0) is 9.47 Å². The van der Waals surface area contributed by atoms with Gasteiger partial charge in [0.25, 0.3) is 11.5 Å². The lowest BCUT2D eigenvalue weighted by molar-refractivity contribution is 0.0604. The molecule has 2 aromatic heterocycles.